The van der Waals surface area contributed by atoms with Gasteiger partial charge in [0.2, 0.25) is 0 Å². The largest absolute Gasteiger partial charge is 0.381 e. The molecule has 2 N–H and O–H groups in total. The molecule has 1 aromatic rings. The molecule has 2 rings (SSSR count). The van der Waals surface area contributed by atoms with E-state index < -0.39 is 0 Å². The summed E-state index contributed by atoms with van der Waals surface area (Å²) in [4.78, 5) is 10.4. The summed E-state index contributed by atoms with van der Waals surface area (Å²) in [7, 11) is 0. The molecule has 1 aliphatic rings. The third-order valence-electron chi connectivity index (χ3n) is 2.35. The van der Waals surface area contributed by atoms with Gasteiger partial charge in [-0.3, -0.25) is 0 Å². The molecule has 0 spiro atoms. The molecule has 0 radical (unpaired) electrons. The van der Waals surface area contributed by atoms with Crippen LogP contribution in [-0.2, 0) is 4.74 Å². The van der Waals surface area contributed by atoms with Crippen molar-refractivity contribution in [3.8, 4) is 0 Å². The second-order valence-corrected chi connectivity index (χ2v) is 3.38. The summed E-state index contributed by atoms with van der Waals surface area (Å²) in [6, 6.07) is 0.308. The van der Waals surface area contributed by atoms with E-state index in [4.69, 9.17) is 10.5 Å². The number of morpholine rings is 1. The van der Waals surface area contributed by atoms with Crippen molar-refractivity contribution in [3.05, 3.63) is 12.4 Å². The first-order valence-electron chi connectivity index (χ1n) is 4.70. The minimum absolute atomic E-state index is 0.308. The van der Waals surface area contributed by atoms with Crippen molar-refractivity contribution in [2.24, 2.45) is 0 Å². The number of aromatic nitrogens is 2. The second-order valence-electron chi connectivity index (χ2n) is 3.38. The van der Waals surface area contributed by atoms with Crippen LogP contribution in [-0.4, -0.2) is 35.8 Å². The Kier molecular flexibility index (Phi) is 2.49. The van der Waals surface area contributed by atoms with Crippen LogP contribution in [0.1, 0.15) is 6.92 Å². The van der Waals surface area contributed by atoms with Gasteiger partial charge < -0.3 is 15.4 Å². The Hall–Kier alpha value is -1.36. The van der Waals surface area contributed by atoms with Crippen molar-refractivity contribution in [3.63, 3.8) is 0 Å². The fraction of sp³-hybridized carbons (Fsp3) is 0.556. The zero-order valence-corrected chi connectivity index (χ0v) is 8.18. The van der Waals surface area contributed by atoms with E-state index in [-0.39, 0.29) is 0 Å². The number of nitrogen functional groups attached to an aromatic ring is 1. The molecule has 1 atom stereocenters. The smallest absolute Gasteiger partial charge is 0.171 e. The Labute approximate surface area is 82.9 Å². The normalized spacial score (nSPS) is 22.4. The minimum Gasteiger partial charge on any atom is -0.381 e. The highest BCUT2D eigenvalue weighted by atomic mass is 16.5. The Balaban J connectivity index is 2.25. The van der Waals surface area contributed by atoms with E-state index in [9.17, 15) is 0 Å². The zero-order valence-electron chi connectivity index (χ0n) is 8.18. The van der Waals surface area contributed by atoms with Gasteiger partial charge in [-0.15, -0.1) is 0 Å². The Bertz CT molecular complexity index is 317. The molecule has 1 fully saturated rings. The number of nitrogens with two attached hydrogens (primary N) is 1. The van der Waals surface area contributed by atoms with Gasteiger partial charge in [-0.1, -0.05) is 0 Å². The van der Waals surface area contributed by atoms with Crippen molar-refractivity contribution < 1.29 is 4.74 Å². The maximum Gasteiger partial charge on any atom is 0.171 e. The Morgan fingerprint density at radius 3 is 3.00 bits per heavy atom. The number of anilines is 2. The molecular formula is C9H14N4O. The molecule has 1 saturated heterocycles. The summed E-state index contributed by atoms with van der Waals surface area (Å²) in [6.07, 6.45) is 3.26. The van der Waals surface area contributed by atoms with Crippen molar-refractivity contribution in [2.75, 3.05) is 30.4 Å². The van der Waals surface area contributed by atoms with Crippen LogP contribution < -0.4 is 10.6 Å². The molecule has 0 aliphatic carbocycles. The SMILES string of the molecule is C[C@@H]1COCCN1c1nccnc1N. The Morgan fingerprint density at radius 1 is 1.50 bits per heavy atom. The summed E-state index contributed by atoms with van der Waals surface area (Å²) >= 11 is 0. The lowest BCUT2D eigenvalue weighted by Gasteiger charge is -2.34. The predicted molar refractivity (Wildman–Crippen MR) is 54.1 cm³/mol. The minimum atomic E-state index is 0.308. The summed E-state index contributed by atoms with van der Waals surface area (Å²) < 4.78 is 5.34. The third-order valence-corrected chi connectivity index (χ3v) is 2.35. The first kappa shape index (κ1) is 9.21. The van der Waals surface area contributed by atoms with E-state index >= 15 is 0 Å². The molecule has 2 heterocycles. The van der Waals surface area contributed by atoms with Gasteiger partial charge in [-0.25, -0.2) is 9.97 Å². The van der Waals surface area contributed by atoms with Crippen LogP contribution in [0.4, 0.5) is 11.6 Å². The Morgan fingerprint density at radius 2 is 2.29 bits per heavy atom. The first-order chi connectivity index (χ1) is 6.79. The molecule has 76 valence electrons. The highest BCUT2D eigenvalue weighted by Crippen LogP contribution is 2.20. The zero-order chi connectivity index (χ0) is 9.97. The molecule has 14 heavy (non-hydrogen) atoms. The molecule has 1 aromatic heterocycles. The lowest BCUT2D eigenvalue weighted by Crippen LogP contribution is -2.44. The van der Waals surface area contributed by atoms with E-state index in [1.54, 1.807) is 12.4 Å². The number of ether oxygens (including phenoxy) is 1. The van der Waals surface area contributed by atoms with Gasteiger partial charge in [-0.05, 0) is 6.92 Å². The molecule has 0 unspecified atom stereocenters. The highest BCUT2D eigenvalue weighted by Gasteiger charge is 2.21. The molecule has 5 heteroatoms. The van der Waals surface area contributed by atoms with Gasteiger partial charge >= 0.3 is 0 Å². The van der Waals surface area contributed by atoms with Crippen LogP contribution in [0.2, 0.25) is 0 Å². The first-order valence-corrected chi connectivity index (χ1v) is 4.70. The van der Waals surface area contributed by atoms with Crippen LogP contribution >= 0.6 is 0 Å². The monoisotopic (exact) mass is 194 g/mol. The van der Waals surface area contributed by atoms with E-state index in [1.165, 1.54) is 0 Å². The topological polar surface area (TPSA) is 64.3 Å². The van der Waals surface area contributed by atoms with Crippen LogP contribution in [0, 0.1) is 0 Å². The van der Waals surface area contributed by atoms with E-state index in [0.717, 1.165) is 25.6 Å². The summed E-state index contributed by atoms with van der Waals surface area (Å²) in [5.74, 6) is 1.25. The van der Waals surface area contributed by atoms with E-state index in [1.807, 2.05) is 0 Å². The number of nitrogens with zero attached hydrogens (tertiary/aromatic N) is 3. The second kappa shape index (κ2) is 3.79. The molecule has 5 nitrogen and oxygen atoms in total. The summed E-state index contributed by atoms with van der Waals surface area (Å²) in [5, 5.41) is 0. The molecule has 0 amide bonds. The summed E-state index contributed by atoms with van der Waals surface area (Å²) in [5.41, 5.74) is 5.76. The van der Waals surface area contributed by atoms with Crippen LogP contribution in [0.5, 0.6) is 0 Å². The number of hydrogen-bond acceptors (Lipinski definition) is 5. The predicted octanol–water partition coefficient (Wildman–Crippen LogP) is 0.284. The van der Waals surface area contributed by atoms with Crippen LogP contribution in [0.25, 0.3) is 0 Å². The standard InChI is InChI=1S/C9H14N4O/c1-7-6-14-5-4-13(7)9-8(10)11-2-3-12-9/h2-3,7H,4-6H2,1H3,(H2,10,11)/t7-/m1/s1. The van der Waals surface area contributed by atoms with Gasteiger partial charge in [-0.2, -0.15) is 0 Å². The van der Waals surface area contributed by atoms with Crippen LogP contribution in [0.3, 0.4) is 0 Å². The maximum absolute atomic E-state index is 5.76. The molecule has 0 bridgehead atoms. The molecule has 1 aliphatic heterocycles. The fourth-order valence-electron chi connectivity index (χ4n) is 1.60. The molecule has 0 saturated carbocycles. The van der Waals surface area contributed by atoms with Crippen molar-refractivity contribution in [1.29, 1.82) is 0 Å². The average molecular weight is 194 g/mol. The van der Waals surface area contributed by atoms with E-state index in [0.29, 0.717) is 11.9 Å². The summed E-state index contributed by atoms with van der Waals surface area (Å²) in [6.45, 7) is 4.35. The lowest BCUT2D eigenvalue weighted by molar-refractivity contribution is 0.0986. The van der Waals surface area contributed by atoms with Gasteiger partial charge in [0, 0.05) is 18.9 Å². The average Bonchev–Trinajstić information content (AvgIpc) is 2.20. The number of rotatable bonds is 1. The van der Waals surface area contributed by atoms with E-state index in [2.05, 4.69) is 21.8 Å². The van der Waals surface area contributed by atoms with Crippen molar-refractivity contribution in [1.82, 2.24) is 9.97 Å². The highest BCUT2D eigenvalue weighted by molar-refractivity contribution is 5.57. The lowest BCUT2D eigenvalue weighted by atomic mass is 10.2. The third kappa shape index (κ3) is 1.63. The fourth-order valence-corrected chi connectivity index (χ4v) is 1.60. The van der Waals surface area contributed by atoms with Gasteiger partial charge in [0.15, 0.2) is 11.6 Å². The van der Waals surface area contributed by atoms with Crippen molar-refractivity contribution in [2.45, 2.75) is 13.0 Å². The van der Waals surface area contributed by atoms with Gasteiger partial charge in [0.1, 0.15) is 0 Å². The molecular weight excluding hydrogens is 180 g/mol. The maximum atomic E-state index is 5.76. The van der Waals surface area contributed by atoms with Gasteiger partial charge in [0.05, 0.1) is 19.3 Å². The van der Waals surface area contributed by atoms with Crippen LogP contribution in [0.15, 0.2) is 12.4 Å². The number of hydrogen-bond donors (Lipinski definition) is 1. The quantitative estimate of drug-likeness (QED) is 0.695. The molecule has 0 aromatic carbocycles. The van der Waals surface area contributed by atoms with Gasteiger partial charge in [0.25, 0.3) is 0 Å². The van der Waals surface area contributed by atoms with Crippen molar-refractivity contribution >= 4 is 11.6 Å².